The minimum absolute atomic E-state index is 0.858. The van der Waals surface area contributed by atoms with Gasteiger partial charge in [-0.05, 0) is 36.8 Å². The van der Waals surface area contributed by atoms with Crippen LogP contribution in [-0.4, -0.2) is 22.0 Å². The predicted octanol–water partition coefficient (Wildman–Crippen LogP) is 3.46. The van der Waals surface area contributed by atoms with E-state index in [9.17, 15) is 0 Å². The highest BCUT2D eigenvalue weighted by atomic mass is 32.2. The molecule has 96 valence electrons. The zero-order valence-electron chi connectivity index (χ0n) is 10.8. The lowest BCUT2D eigenvalue weighted by Crippen LogP contribution is -1.90. The fourth-order valence-electron chi connectivity index (χ4n) is 1.87. The number of H-pyrrole nitrogens is 1. The summed E-state index contributed by atoms with van der Waals surface area (Å²) in [6.07, 6.45) is 1.79. The number of hydrogen-bond acceptors (Lipinski definition) is 4. The molecule has 0 bridgehead atoms. The molecule has 0 aliphatic carbocycles. The first-order valence-corrected chi connectivity index (χ1v) is 6.84. The highest BCUT2D eigenvalue weighted by molar-refractivity contribution is 7.99. The second-order valence-electron chi connectivity index (χ2n) is 4.29. The van der Waals surface area contributed by atoms with Crippen LogP contribution in [-0.2, 0) is 0 Å². The SMILES string of the molecule is CNc1cc(Sc2nc3ccc(C)cc3[nH]2)ccn1. The number of hydrogen-bond donors (Lipinski definition) is 2. The number of benzene rings is 1. The summed E-state index contributed by atoms with van der Waals surface area (Å²) < 4.78 is 0. The molecule has 3 rings (SSSR count). The third-order valence-electron chi connectivity index (χ3n) is 2.82. The molecule has 2 N–H and O–H groups in total. The van der Waals surface area contributed by atoms with E-state index in [0.29, 0.717) is 0 Å². The van der Waals surface area contributed by atoms with Crippen LogP contribution in [0.3, 0.4) is 0 Å². The molecule has 5 heteroatoms. The number of anilines is 1. The van der Waals surface area contributed by atoms with Gasteiger partial charge < -0.3 is 10.3 Å². The maximum absolute atomic E-state index is 4.57. The molecule has 2 heterocycles. The van der Waals surface area contributed by atoms with Gasteiger partial charge in [-0.1, -0.05) is 17.8 Å². The van der Waals surface area contributed by atoms with Gasteiger partial charge in [0.2, 0.25) is 0 Å². The second-order valence-corrected chi connectivity index (χ2v) is 5.35. The van der Waals surface area contributed by atoms with Gasteiger partial charge in [-0.3, -0.25) is 0 Å². The summed E-state index contributed by atoms with van der Waals surface area (Å²) in [6.45, 7) is 2.08. The highest BCUT2D eigenvalue weighted by Gasteiger charge is 2.05. The summed E-state index contributed by atoms with van der Waals surface area (Å²) in [6, 6.07) is 10.2. The lowest BCUT2D eigenvalue weighted by Gasteiger charge is -2.01. The van der Waals surface area contributed by atoms with Crippen molar-refractivity contribution in [3.05, 3.63) is 42.1 Å². The van der Waals surface area contributed by atoms with Crippen LogP contribution in [0.25, 0.3) is 11.0 Å². The van der Waals surface area contributed by atoms with E-state index >= 15 is 0 Å². The summed E-state index contributed by atoms with van der Waals surface area (Å²) in [4.78, 5) is 13.2. The van der Waals surface area contributed by atoms with Crippen LogP contribution in [0, 0.1) is 6.92 Å². The number of aromatic amines is 1. The van der Waals surface area contributed by atoms with Crippen LogP contribution in [0.1, 0.15) is 5.56 Å². The molecule has 0 aliphatic rings. The molecule has 0 saturated heterocycles. The number of fused-ring (bicyclic) bond motifs is 1. The van der Waals surface area contributed by atoms with Gasteiger partial charge in [-0.25, -0.2) is 9.97 Å². The largest absolute Gasteiger partial charge is 0.373 e. The molecule has 3 aromatic rings. The van der Waals surface area contributed by atoms with E-state index in [2.05, 4.69) is 39.3 Å². The monoisotopic (exact) mass is 270 g/mol. The first-order chi connectivity index (χ1) is 9.24. The van der Waals surface area contributed by atoms with E-state index < -0.39 is 0 Å². The zero-order valence-corrected chi connectivity index (χ0v) is 11.6. The molecule has 0 amide bonds. The number of aromatic nitrogens is 3. The molecule has 0 aliphatic heterocycles. The number of nitrogens with one attached hydrogen (secondary N) is 2. The van der Waals surface area contributed by atoms with E-state index in [0.717, 1.165) is 26.9 Å². The first kappa shape index (κ1) is 12.0. The Kier molecular flexibility index (Phi) is 3.13. The van der Waals surface area contributed by atoms with Gasteiger partial charge in [0, 0.05) is 18.1 Å². The van der Waals surface area contributed by atoms with Crippen LogP contribution in [0.4, 0.5) is 5.82 Å². The average Bonchev–Trinajstić information content (AvgIpc) is 2.80. The lowest BCUT2D eigenvalue weighted by atomic mass is 10.2. The molecule has 0 radical (unpaired) electrons. The Balaban J connectivity index is 1.92. The van der Waals surface area contributed by atoms with E-state index in [1.165, 1.54) is 5.56 Å². The van der Waals surface area contributed by atoms with Crippen molar-refractivity contribution in [2.24, 2.45) is 0 Å². The molecule has 0 unspecified atom stereocenters. The summed E-state index contributed by atoms with van der Waals surface area (Å²) in [5, 5.41) is 3.93. The summed E-state index contributed by atoms with van der Waals surface area (Å²) in [5.74, 6) is 0.858. The minimum Gasteiger partial charge on any atom is -0.373 e. The normalized spacial score (nSPS) is 10.8. The van der Waals surface area contributed by atoms with Crippen molar-refractivity contribution in [2.45, 2.75) is 17.0 Å². The summed E-state index contributed by atoms with van der Waals surface area (Å²) in [7, 11) is 1.86. The van der Waals surface area contributed by atoms with Crippen molar-refractivity contribution < 1.29 is 0 Å². The summed E-state index contributed by atoms with van der Waals surface area (Å²) in [5.41, 5.74) is 3.30. The van der Waals surface area contributed by atoms with Gasteiger partial charge in [0.05, 0.1) is 11.0 Å². The number of nitrogens with zero attached hydrogens (tertiary/aromatic N) is 2. The van der Waals surface area contributed by atoms with Crippen molar-refractivity contribution >= 4 is 28.6 Å². The molecule has 2 aromatic heterocycles. The van der Waals surface area contributed by atoms with E-state index in [4.69, 9.17) is 0 Å². The van der Waals surface area contributed by atoms with Crippen LogP contribution in [0.15, 0.2) is 46.6 Å². The van der Waals surface area contributed by atoms with Gasteiger partial charge in [0.1, 0.15) is 5.82 Å². The third kappa shape index (κ3) is 2.56. The fourth-order valence-corrected chi connectivity index (χ4v) is 2.70. The average molecular weight is 270 g/mol. The van der Waals surface area contributed by atoms with E-state index in [-0.39, 0.29) is 0 Å². The van der Waals surface area contributed by atoms with Crippen LogP contribution in [0.5, 0.6) is 0 Å². The highest BCUT2D eigenvalue weighted by Crippen LogP contribution is 2.28. The van der Waals surface area contributed by atoms with E-state index in [1.807, 2.05) is 25.2 Å². The minimum atomic E-state index is 0.858. The molecule has 0 saturated carbocycles. The lowest BCUT2D eigenvalue weighted by molar-refractivity contribution is 1.08. The summed E-state index contributed by atoms with van der Waals surface area (Å²) >= 11 is 1.60. The maximum atomic E-state index is 4.57. The maximum Gasteiger partial charge on any atom is 0.171 e. The van der Waals surface area contributed by atoms with Crippen molar-refractivity contribution in [2.75, 3.05) is 12.4 Å². The first-order valence-electron chi connectivity index (χ1n) is 6.02. The molecule has 0 fully saturated rings. The van der Waals surface area contributed by atoms with Gasteiger partial charge >= 0.3 is 0 Å². The number of pyridine rings is 1. The molecule has 1 aromatic carbocycles. The van der Waals surface area contributed by atoms with Gasteiger partial charge in [0.15, 0.2) is 5.16 Å². The predicted molar refractivity (Wildman–Crippen MR) is 78.7 cm³/mol. The standard InChI is InChI=1S/C14H14N4S/c1-9-3-4-11-12(7-9)18-14(17-11)19-10-5-6-16-13(8-10)15-2/h3-8H,1-2H3,(H,15,16)(H,17,18). The fraction of sp³-hybridized carbons (Fsp3) is 0.143. The second kappa shape index (κ2) is 4.93. The Morgan fingerprint density at radius 2 is 2.11 bits per heavy atom. The molecule has 0 spiro atoms. The Hall–Kier alpha value is -2.01. The van der Waals surface area contributed by atoms with Crippen LogP contribution in [0.2, 0.25) is 0 Å². The van der Waals surface area contributed by atoms with Gasteiger partial charge in [-0.2, -0.15) is 0 Å². The Morgan fingerprint density at radius 1 is 1.21 bits per heavy atom. The smallest absolute Gasteiger partial charge is 0.171 e. The number of imidazole rings is 1. The number of aryl methyl sites for hydroxylation is 1. The van der Waals surface area contributed by atoms with Gasteiger partial charge in [0.25, 0.3) is 0 Å². The Labute approximate surface area is 115 Å². The van der Waals surface area contributed by atoms with Crippen molar-refractivity contribution in [3.8, 4) is 0 Å². The Morgan fingerprint density at radius 3 is 2.95 bits per heavy atom. The molecule has 4 nitrogen and oxygen atoms in total. The zero-order chi connectivity index (χ0) is 13.2. The van der Waals surface area contributed by atoms with Crippen molar-refractivity contribution in [1.29, 1.82) is 0 Å². The Bertz CT molecular complexity index is 720. The topological polar surface area (TPSA) is 53.6 Å². The van der Waals surface area contributed by atoms with Crippen LogP contribution < -0.4 is 5.32 Å². The molecular weight excluding hydrogens is 256 g/mol. The number of rotatable bonds is 3. The molecule has 19 heavy (non-hydrogen) atoms. The van der Waals surface area contributed by atoms with Gasteiger partial charge in [-0.15, -0.1) is 0 Å². The van der Waals surface area contributed by atoms with E-state index in [1.54, 1.807) is 18.0 Å². The van der Waals surface area contributed by atoms with Crippen molar-refractivity contribution in [1.82, 2.24) is 15.0 Å². The molecular formula is C14H14N4S. The molecule has 0 atom stereocenters. The van der Waals surface area contributed by atoms with Crippen LogP contribution >= 0.6 is 11.8 Å². The quantitative estimate of drug-likeness (QED) is 0.765. The third-order valence-corrected chi connectivity index (χ3v) is 3.69. The van der Waals surface area contributed by atoms with Crippen molar-refractivity contribution in [3.63, 3.8) is 0 Å².